The molecule has 26 heavy (non-hydrogen) atoms. The Bertz CT molecular complexity index is 669. The van der Waals surface area contributed by atoms with Crippen molar-refractivity contribution in [2.45, 2.75) is 76.8 Å². The van der Waals surface area contributed by atoms with E-state index >= 15 is 0 Å². The number of nitrogens with zero attached hydrogens (tertiary/aromatic N) is 1. The largest absolute Gasteiger partial charge is 0.497 e. The van der Waals surface area contributed by atoms with Gasteiger partial charge in [-0.3, -0.25) is 4.79 Å². The second-order valence-electron chi connectivity index (χ2n) is 7.76. The molecule has 0 radical (unpaired) electrons. The minimum atomic E-state index is -0.136. The Balaban J connectivity index is 2.04. The number of ether oxygens (including phenoxy) is 1. The van der Waals surface area contributed by atoms with E-state index in [1.807, 2.05) is 6.07 Å². The van der Waals surface area contributed by atoms with E-state index in [9.17, 15) is 4.79 Å². The zero-order valence-electron chi connectivity index (χ0n) is 16.2. The van der Waals surface area contributed by atoms with Crippen LogP contribution in [0.1, 0.15) is 75.5 Å². The topological polar surface area (TPSA) is 29.5 Å². The van der Waals surface area contributed by atoms with Crippen LogP contribution >= 0.6 is 0 Å². The van der Waals surface area contributed by atoms with Crippen LogP contribution < -0.4 is 4.74 Å². The van der Waals surface area contributed by atoms with E-state index in [1.165, 1.54) is 43.2 Å². The van der Waals surface area contributed by atoms with Gasteiger partial charge in [-0.1, -0.05) is 45.1 Å². The zero-order chi connectivity index (χ0) is 18.5. The lowest BCUT2D eigenvalue weighted by atomic mass is 9.75. The van der Waals surface area contributed by atoms with Crippen molar-refractivity contribution in [1.29, 1.82) is 0 Å². The molecule has 1 amide bonds. The predicted octanol–water partition coefficient (Wildman–Crippen LogP) is 4.89. The van der Waals surface area contributed by atoms with E-state index in [2.05, 4.69) is 29.9 Å². The number of carbonyl (C=O) groups is 1. The van der Waals surface area contributed by atoms with Gasteiger partial charge in [0.15, 0.2) is 0 Å². The molecule has 1 aliphatic carbocycles. The highest BCUT2D eigenvalue weighted by Crippen LogP contribution is 2.45. The van der Waals surface area contributed by atoms with Crippen molar-refractivity contribution in [2.75, 3.05) is 7.11 Å². The second kappa shape index (κ2) is 8.62. The van der Waals surface area contributed by atoms with Crippen LogP contribution in [0.4, 0.5) is 0 Å². The highest BCUT2D eigenvalue weighted by Gasteiger charge is 2.41. The Morgan fingerprint density at radius 2 is 2.08 bits per heavy atom. The average molecular weight is 354 g/mol. The number of hydrogen-bond donors (Lipinski definition) is 0. The van der Waals surface area contributed by atoms with Gasteiger partial charge in [0.1, 0.15) is 5.75 Å². The molecule has 0 spiro atoms. The summed E-state index contributed by atoms with van der Waals surface area (Å²) >= 11 is 0. The quantitative estimate of drug-likeness (QED) is 0.705. The van der Waals surface area contributed by atoms with E-state index in [4.69, 9.17) is 11.2 Å². The summed E-state index contributed by atoms with van der Waals surface area (Å²) in [5, 5.41) is 0. The van der Waals surface area contributed by atoms with Crippen molar-refractivity contribution in [3.05, 3.63) is 29.3 Å². The third-order valence-electron chi connectivity index (χ3n) is 6.16. The smallest absolute Gasteiger partial charge is 0.298 e. The predicted molar refractivity (Wildman–Crippen MR) is 105 cm³/mol. The van der Waals surface area contributed by atoms with Crippen LogP contribution in [0.5, 0.6) is 5.75 Å². The fourth-order valence-corrected chi connectivity index (χ4v) is 4.88. The maximum absolute atomic E-state index is 12.8. The Morgan fingerprint density at radius 3 is 2.73 bits per heavy atom. The van der Waals surface area contributed by atoms with Gasteiger partial charge in [0.25, 0.3) is 5.91 Å². The van der Waals surface area contributed by atoms with E-state index in [1.54, 1.807) is 7.11 Å². The summed E-state index contributed by atoms with van der Waals surface area (Å²) < 4.78 is 5.46. The van der Waals surface area contributed by atoms with Crippen LogP contribution in [0, 0.1) is 18.3 Å². The van der Waals surface area contributed by atoms with Crippen LogP contribution in [0.3, 0.4) is 0 Å². The Kier molecular flexibility index (Phi) is 6.25. The first-order chi connectivity index (χ1) is 12.7. The summed E-state index contributed by atoms with van der Waals surface area (Å²) in [5.74, 6) is 3.70. The number of terminal acetylenes is 1. The second-order valence-corrected chi connectivity index (χ2v) is 7.76. The van der Waals surface area contributed by atoms with Crippen LogP contribution in [-0.2, 0) is 11.2 Å². The number of unbranched alkanes of at least 4 members (excludes halogenated alkanes) is 1. The number of carbonyl (C=O) groups excluding carboxylic acids is 1. The molecule has 1 saturated carbocycles. The van der Waals surface area contributed by atoms with Crippen LogP contribution in [-0.4, -0.2) is 24.0 Å². The monoisotopic (exact) mass is 353 g/mol. The molecule has 1 unspecified atom stereocenters. The molecule has 0 N–H and O–H groups in total. The first-order valence-corrected chi connectivity index (χ1v) is 10.1. The standard InChI is InChI=1S/C23H31NO2/c1-4-6-12-19-15-18-16-20(26-3)13-14-21(18)23(24(19)22(25)5-2)17-10-8-7-9-11-17/h2,13-14,16-17,19,23H,4,6-12,15H2,1,3H3/t19-,23?/m0/s1. The van der Waals surface area contributed by atoms with Crippen molar-refractivity contribution in [3.8, 4) is 18.1 Å². The molecular weight excluding hydrogens is 322 g/mol. The van der Waals surface area contributed by atoms with E-state index in [-0.39, 0.29) is 18.0 Å². The van der Waals surface area contributed by atoms with E-state index < -0.39 is 0 Å². The molecule has 2 aliphatic rings. The SMILES string of the molecule is C#CC(=O)N1C(C2CCCCC2)c2ccc(OC)cc2C[C@@H]1CCCC. The number of hydrogen-bond acceptors (Lipinski definition) is 2. The van der Waals surface area contributed by atoms with Gasteiger partial charge in [-0.2, -0.15) is 0 Å². The number of rotatable bonds is 5. The summed E-state index contributed by atoms with van der Waals surface area (Å²) in [6, 6.07) is 6.68. The fourth-order valence-electron chi connectivity index (χ4n) is 4.88. The number of benzene rings is 1. The maximum atomic E-state index is 12.8. The zero-order valence-corrected chi connectivity index (χ0v) is 16.2. The van der Waals surface area contributed by atoms with Gasteiger partial charge >= 0.3 is 0 Å². The maximum Gasteiger partial charge on any atom is 0.298 e. The lowest BCUT2D eigenvalue weighted by Gasteiger charge is -2.47. The van der Waals surface area contributed by atoms with Gasteiger partial charge in [-0.15, -0.1) is 6.42 Å². The van der Waals surface area contributed by atoms with Crippen molar-refractivity contribution < 1.29 is 9.53 Å². The molecule has 2 atom stereocenters. The van der Waals surface area contributed by atoms with Crippen molar-refractivity contribution in [1.82, 2.24) is 4.90 Å². The molecule has 0 saturated heterocycles. The molecule has 0 aromatic heterocycles. The molecule has 0 bridgehead atoms. The van der Waals surface area contributed by atoms with Crippen molar-refractivity contribution in [2.24, 2.45) is 5.92 Å². The van der Waals surface area contributed by atoms with Gasteiger partial charge < -0.3 is 9.64 Å². The summed E-state index contributed by atoms with van der Waals surface area (Å²) in [6.45, 7) is 2.20. The fraction of sp³-hybridized carbons (Fsp3) is 0.609. The van der Waals surface area contributed by atoms with Gasteiger partial charge in [-0.05, 0) is 60.8 Å². The highest BCUT2D eigenvalue weighted by atomic mass is 16.5. The number of fused-ring (bicyclic) bond motifs is 1. The first-order valence-electron chi connectivity index (χ1n) is 10.1. The molecule has 1 aromatic rings. The average Bonchev–Trinajstić information content (AvgIpc) is 2.70. The lowest BCUT2D eigenvalue weighted by molar-refractivity contribution is -0.133. The summed E-state index contributed by atoms with van der Waals surface area (Å²) in [7, 11) is 1.71. The highest BCUT2D eigenvalue weighted by molar-refractivity contribution is 5.93. The lowest BCUT2D eigenvalue weighted by Crippen LogP contribution is -2.49. The first kappa shape index (κ1) is 18.8. The Morgan fingerprint density at radius 1 is 1.31 bits per heavy atom. The van der Waals surface area contributed by atoms with Gasteiger partial charge in [0, 0.05) is 6.04 Å². The molecular formula is C23H31NO2. The van der Waals surface area contributed by atoms with Crippen molar-refractivity contribution >= 4 is 5.91 Å². The Labute approximate surface area is 158 Å². The van der Waals surface area contributed by atoms with Gasteiger partial charge in [0.2, 0.25) is 0 Å². The normalized spacial score (nSPS) is 23.2. The van der Waals surface area contributed by atoms with Crippen LogP contribution in [0.15, 0.2) is 18.2 Å². The molecule has 140 valence electrons. The minimum Gasteiger partial charge on any atom is -0.497 e. The van der Waals surface area contributed by atoms with E-state index in [0.717, 1.165) is 31.4 Å². The number of methoxy groups -OCH3 is 1. The van der Waals surface area contributed by atoms with Crippen LogP contribution in [0.2, 0.25) is 0 Å². The molecule has 1 aliphatic heterocycles. The molecule has 1 heterocycles. The molecule has 1 aromatic carbocycles. The third kappa shape index (κ3) is 3.75. The molecule has 1 fully saturated rings. The van der Waals surface area contributed by atoms with Gasteiger partial charge in [0.05, 0.1) is 13.2 Å². The summed E-state index contributed by atoms with van der Waals surface area (Å²) in [6.07, 6.45) is 15.9. The minimum absolute atomic E-state index is 0.121. The summed E-state index contributed by atoms with van der Waals surface area (Å²) in [4.78, 5) is 14.9. The van der Waals surface area contributed by atoms with E-state index in [0.29, 0.717) is 5.92 Å². The van der Waals surface area contributed by atoms with Crippen LogP contribution in [0.25, 0.3) is 0 Å². The third-order valence-corrected chi connectivity index (χ3v) is 6.16. The molecule has 3 nitrogen and oxygen atoms in total. The molecule has 3 rings (SSSR count). The van der Waals surface area contributed by atoms with Gasteiger partial charge in [-0.25, -0.2) is 0 Å². The van der Waals surface area contributed by atoms with Crippen molar-refractivity contribution in [3.63, 3.8) is 0 Å². The Hall–Kier alpha value is -1.95. The molecule has 3 heteroatoms. The number of amides is 1. The summed E-state index contributed by atoms with van der Waals surface area (Å²) in [5.41, 5.74) is 2.62.